The molecule has 3 amide bonds. The number of carbonyl (C=O) groups excluding carboxylic acids is 4. The number of carbonyl (C=O) groups is 4. The van der Waals surface area contributed by atoms with E-state index in [9.17, 15) is 19.2 Å². The quantitative estimate of drug-likeness (QED) is 0.671. The number of piperidine rings is 1. The van der Waals surface area contributed by atoms with Gasteiger partial charge in [0.15, 0.2) is 5.78 Å². The lowest BCUT2D eigenvalue weighted by Gasteiger charge is -2.44. The lowest BCUT2D eigenvalue weighted by molar-refractivity contribution is -0.138. The van der Waals surface area contributed by atoms with E-state index in [1.165, 1.54) is 0 Å². The van der Waals surface area contributed by atoms with Gasteiger partial charge in [0.1, 0.15) is 23.1 Å². The molecule has 33 heavy (non-hydrogen) atoms. The summed E-state index contributed by atoms with van der Waals surface area (Å²) in [6.45, 7) is 2.33. The summed E-state index contributed by atoms with van der Waals surface area (Å²) in [5, 5.41) is 0. The fraction of sp³-hybridized carbons (Fsp3) is 0.360. The Morgan fingerprint density at radius 2 is 1.64 bits per heavy atom. The van der Waals surface area contributed by atoms with Gasteiger partial charge in [0.25, 0.3) is 11.8 Å². The highest BCUT2D eigenvalue weighted by Gasteiger charge is 2.46. The van der Waals surface area contributed by atoms with Crippen molar-refractivity contribution in [2.24, 2.45) is 0 Å². The zero-order valence-corrected chi connectivity index (χ0v) is 18.5. The van der Waals surface area contributed by atoms with Crippen molar-refractivity contribution in [3.05, 3.63) is 59.2 Å². The molecule has 0 bridgehead atoms. The summed E-state index contributed by atoms with van der Waals surface area (Å²) in [4.78, 5) is 54.1. The average molecular weight is 448 g/mol. The molecule has 1 spiro atoms. The van der Waals surface area contributed by atoms with E-state index in [2.05, 4.69) is 0 Å². The Balaban J connectivity index is 1.29. The number of benzene rings is 2. The molecule has 0 aliphatic carbocycles. The number of nitrogens with zero attached hydrogens (tertiary/aromatic N) is 2. The molecule has 5 rings (SSSR count). The third kappa shape index (κ3) is 3.37. The van der Waals surface area contributed by atoms with Gasteiger partial charge >= 0.3 is 0 Å². The van der Waals surface area contributed by atoms with Gasteiger partial charge in [0.2, 0.25) is 5.91 Å². The van der Waals surface area contributed by atoms with Crippen LogP contribution in [0.25, 0.3) is 0 Å². The summed E-state index contributed by atoms with van der Waals surface area (Å²) in [7, 11) is 1.56. The SMILES string of the molecule is COc1ccc2c(c1)OC1(CCN(C(=O)C(C)N3C(=O)c4ccccc4C3=O)CC1)CC2=O. The van der Waals surface area contributed by atoms with E-state index in [0.29, 0.717) is 54.1 Å². The molecule has 170 valence electrons. The molecule has 1 atom stereocenters. The minimum atomic E-state index is -0.912. The van der Waals surface area contributed by atoms with Gasteiger partial charge in [-0.25, -0.2) is 0 Å². The van der Waals surface area contributed by atoms with Crippen LogP contribution >= 0.6 is 0 Å². The molecule has 0 saturated carbocycles. The molecule has 3 aliphatic rings. The lowest BCUT2D eigenvalue weighted by Crippen LogP contribution is -2.56. The number of hydrogen-bond donors (Lipinski definition) is 0. The van der Waals surface area contributed by atoms with Crippen molar-refractivity contribution in [3.8, 4) is 11.5 Å². The molecular formula is C25H24N2O6. The van der Waals surface area contributed by atoms with Crippen LogP contribution in [0.4, 0.5) is 0 Å². The fourth-order valence-corrected chi connectivity index (χ4v) is 4.95. The zero-order chi connectivity index (χ0) is 23.3. The van der Waals surface area contributed by atoms with Crippen molar-refractivity contribution < 1.29 is 28.7 Å². The van der Waals surface area contributed by atoms with Gasteiger partial charge in [-0.15, -0.1) is 0 Å². The van der Waals surface area contributed by atoms with Crippen molar-refractivity contribution in [2.45, 2.75) is 37.8 Å². The van der Waals surface area contributed by atoms with Crippen LogP contribution in [0.2, 0.25) is 0 Å². The first kappa shape index (κ1) is 21.2. The number of likely N-dealkylation sites (tertiary alicyclic amines) is 1. The number of fused-ring (bicyclic) bond motifs is 2. The minimum absolute atomic E-state index is 0.0121. The Kier molecular flexibility index (Phi) is 4.96. The summed E-state index contributed by atoms with van der Waals surface area (Å²) in [5.41, 5.74) is 0.511. The molecule has 8 heteroatoms. The largest absolute Gasteiger partial charge is 0.497 e. The second-order valence-corrected chi connectivity index (χ2v) is 8.77. The van der Waals surface area contributed by atoms with Crippen molar-refractivity contribution in [1.29, 1.82) is 0 Å². The summed E-state index contributed by atoms with van der Waals surface area (Å²) in [6.07, 6.45) is 1.22. The first-order valence-corrected chi connectivity index (χ1v) is 11.0. The average Bonchev–Trinajstić information content (AvgIpc) is 3.08. The molecule has 0 radical (unpaired) electrons. The van der Waals surface area contributed by atoms with Crippen LogP contribution in [0.5, 0.6) is 11.5 Å². The highest BCUT2D eigenvalue weighted by molar-refractivity contribution is 6.22. The number of ether oxygens (including phenoxy) is 2. The third-order valence-corrected chi connectivity index (χ3v) is 6.85. The first-order valence-electron chi connectivity index (χ1n) is 11.0. The number of rotatable bonds is 3. The predicted octanol–water partition coefficient (Wildman–Crippen LogP) is 2.71. The number of ketones is 1. The van der Waals surface area contributed by atoms with Crippen LogP contribution in [0, 0.1) is 0 Å². The van der Waals surface area contributed by atoms with E-state index >= 15 is 0 Å². The van der Waals surface area contributed by atoms with Gasteiger partial charge in [-0.2, -0.15) is 0 Å². The van der Waals surface area contributed by atoms with Gasteiger partial charge in [-0.05, 0) is 31.2 Å². The molecule has 3 aliphatic heterocycles. The Bertz CT molecular complexity index is 1150. The maximum atomic E-state index is 13.2. The molecule has 8 nitrogen and oxygen atoms in total. The number of hydrogen-bond acceptors (Lipinski definition) is 6. The van der Waals surface area contributed by atoms with Crippen molar-refractivity contribution >= 4 is 23.5 Å². The molecule has 1 saturated heterocycles. The summed E-state index contributed by atoms with van der Waals surface area (Å²) >= 11 is 0. The fourth-order valence-electron chi connectivity index (χ4n) is 4.95. The Labute approximate surface area is 191 Å². The zero-order valence-electron chi connectivity index (χ0n) is 18.5. The van der Waals surface area contributed by atoms with E-state index in [-0.39, 0.29) is 18.1 Å². The lowest BCUT2D eigenvalue weighted by atomic mass is 9.82. The van der Waals surface area contributed by atoms with Gasteiger partial charge < -0.3 is 14.4 Å². The van der Waals surface area contributed by atoms with E-state index in [1.54, 1.807) is 61.4 Å². The standard InChI is InChI=1S/C25H24N2O6/c1-15(27-23(30)17-5-3-4-6-18(17)24(27)31)22(29)26-11-9-25(10-12-26)14-20(28)19-8-7-16(32-2)13-21(19)33-25/h3-8,13,15H,9-12,14H2,1-2H3. The molecule has 2 aromatic carbocycles. The number of imide groups is 1. The molecule has 1 unspecified atom stereocenters. The summed E-state index contributed by atoms with van der Waals surface area (Å²) in [6, 6.07) is 10.8. The van der Waals surface area contributed by atoms with Crippen LogP contribution in [0.1, 0.15) is 57.3 Å². The Morgan fingerprint density at radius 1 is 1.00 bits per heavy atom. The predicted molar refractivity (Wildman–Crippen MR) is 118 cm³/mol. The monoisotopic (exact) mass is 448 g/mol. The maximum absolute atomic E-state index is 13.2. The Morgan fingerprint density at radius 3 is 2.24 bits per heavy atom. The van der Waals surface area contributed by atoms with E-state index < -0.39 is 23.5 Å². The van der Waals surface area contributed by atoms with E-state index in [4.69, 9.17) is 9.47 Å². The topological polar surface area (TPSA) is 93.2 Å². The van der Waals surface area contributed by atoms with Crippen LogP contribution in [-0.2, 0) is 4.79 Å². The van der Waals surface area contributed by atoms with Crippen molar-refractivity contribution in [1.82, 2.24) is 9.80 Å². The molecule has 2 aromatic rings. The van der Waals surface area contributed by atoms with Crippen LogP contribution in [0.3, 0.4) is 0 Å². The first-order chi connectivity index (χ1) is 15.8. The molecule has 1 fully saturated rings. The summed E-state index contributed by atoms with van der Waals surface area (Å²) in [5.74, 6) is -0.0548. The van der Waals surface area contributed by atoms with Crippen molar-refractivity contribution in [2.75, 3.05) is 20.2 Å². The van der Waals surface area contributed by atoms with Gasteiger partial charge in [-0.3, -0.25) is 24.1 Å². The number of methoxy groups -OCH3 is 1. The van der Waals surface area contributed by atoms with Crippen LogP contribution in [0.15, 0.2) is 42.5 Å². The molecule has 0 N–H and O–H groups in total. The van der Waals surface area contributed by atoms with Gasteiger partial charge in [0.05, 0.1) is 30.2 Å². The Hall–Kier alpha value is -3.68. The maximum Gasteiger partial charge on any atom is 0.262 e. The molecule has 0 aromatic heterocycles. The number of Topliss-reactive ketones (excluding diaryl/α,β-unsaturated/α-hetero) is 1. The highest BCUT2D eigenvalue weighted by atomic mass is 16.5. The van der Waals surface area contributed by atoms with Gasteiger partial charge in [0, 0.05) is 32.0 Å². The molecule has 3 heterocycles. The van der Waals surface area contributed by atoms with Crippen molar-refractivity contribution in [3.63, 3.8) is 0 Å². The van der Waals surface area contributed by atoms with Crippen LogP contribution < -0.4 is 9.47 Å². The second kappa shape index (κ2) is 7.72. The van der Waals surface area contributed by atoms with E-state index in [0.717, 1.165) is 4.90 Å². The smallest absolute Gasteiger partial charge is 0.262 e. The van der Waals surface area contributed by atoms with E-state index in [1.807, 2.05) is 0 Å². The normalized spacial score (nSPS) is 19.8. The molecular weight excluding hydrogens is 424 g/mol. The highest BCUT2D eigenvalue weighted by Crippen LogP contribution is 2.41. The third-order valence-electron chi connectivity index (χ3n) is 6.85. The van der Waals surface area contributed by atoms with Gasteiger partial charge in [-0.1, -0.05) is 12.1 Å². The van der Waals surface area contributed by atoms with Crippen LogP contribution in [-0.4, -0.2) is 65.1 Å². The second-order valence-electron chi connectivity index (χ2n) is 8.77. The summed E-state index contributed by atoms with van der Waals surface area (Å²) < 4.78 is 11.5. The number of amides is 3. The minimum Gasteiger partial charge on any atom is -0.497 e.